The van der Waals surface area contributed by atoms with Crippen LogP contribution in [0.2, 0.25) is 0 Å². The number of hydrogen-bond donors (Lipinski definition) is 0. The zero-order chi connectivity index (χ0) is 19.3. The molecule has 0 atom stereocenters. The third-order valence-electron chi connectivity index (χ3n) is 4.82. The molecule has 0 saturated carbocycles. The van der Waals surface area contributed by atoms with Crippen LogP contribution in [-0.2, 0) is 20.9 Å². The van der Waals surface area contributed by atoms with E-state index in [9.17, 15) is 14.0 Å². The number of nitrogens with zero attached hydrogens (tertiary/aromatic N) is 2. The molecule has 6 heteroatoms. The predicted molar refractivity (Wildman–Crippen MR) is 97.9 cm³/mol. The van der Waals surface area contributed by atoms with Gasteiger partial charge in [0.2, 0.25) is 5.91 Å². The standard InChI is InChI=1S/C20H29FN2O3/c1-20(2,3)23(13-15-6-5-7-17(21)12-15)18(24)14-22-10-8-16(9-11-22)19(25)26-4/h5-7,12,16H,8-11,13-14H2,1-4H3. The smallest absolute Gasteiger partial charge is 0.308 e. The Hall–Kier alpha value is -1.95. The number of amides is 1. The highest BCUT2D eigenvalue weighted by Crippen LogP contribution is 2.21. The number of carbonyl (C=O) groups excluding carboxylic acids is 2. The molecule has 1 heterocycles. The Kier molecular flexibility index (Phi) is 6.75. The molecule has 2 rings (SSSR count). The van der Waals surface area contributed by atoms with E-state index in [0.29, 0.717) is 39.0 Å². The second-order valence-corrected chi connectivity index (χ2v) is 7.85. The van der Waals surface area contributed by atoms with Crippen LogP contribution in [0.25, 0.3) is 0 Å². The lowest BCUT2D eigenvalue weighted by atomic mass is 9.97. The zero-order valence-corrected chi connectivity index (χ0v) is 16.1. The SMILES string of the molecule is COC(=O)C1CCN(CC(=O)N(Cc2cccc(F)c2)C(C)(C)C)CC1. The summed E-state index contributed by atoms with van der Waals surface area (Å²) in [5.41, 5.74) is 0.408. The minimum atomic E-state index is -0.367. The normalized spacial score (nSPS) is 16.3. The van der Waals surface area contributed by atoms with E-state index in [1.165, 1.54) is 19.2 Å². The van der Waals surface area contributed by atoms with Crippen molar-refractivity contribution in [2.24, 2.45) is 5.92 Å². The number of hydrogen-bond acceptors (Lipinski definition) is 4. The first kappa shape index (κ1) is 20.4. The molecule has 0 radical (unpaired) electrons. The van der Waals surface area contributed by atoms with E-state index in [1.54, 1.807) is 11.0 Å². The number of rotatable bonds is 5. The summed E-state index contributed by atoms with van der Waals surface area (Å²) in [5.74, 6) is -0.525. The highest BCUT2D eigenvalue weighted by atomic mass is 19.1. The van der Waals surface area contributed by atoms with Gasteiger partial charge < -0.3 is 9.64 Å². The maximum atomic E-state index is 13.5. The number of methoxy groups -OCH3 is 1. The van der Waals surface area contributed by atoms with Crippen molar-refractivity contribution < 1.29 is 18.7 Å². The summed E-state index contributed by atoms with van der Waals surface area (Å²) in [5, 5.41) is 0. The van der Waals surface area contributed by atoms with Crippen molar-refractivity contribution in [2.45, 2.75) is 45.7 Å². The highest BCUT2D eigenvalue weighted by molar-refractivity contribution is 5.79. The fourth-order valence-electron chi connectivity index (χ4n) is 3.29. The molecule has 0 spiro atoms. The number of piperidine rings is 1. The second-order valence-electron chi connectivity index (χ2n) is 7.85. The molecule has 26 heavy (non-hydrogen) atoms. The van der Waals surface area contributed by atoms with Crippen LogP contribution in [0.5, 0.6) is 0 Å². The van der Waals surface area contributed by atoms with E-state index in [0.717, 1.165) is 5.56 Å². The molecule has 1 aliphatic heterocycles. The van der Waals surface area contributed by atoms with Gasteiger partial charge in [-0.2, -0.15) is 0 Å². The summed E-state index contributed by atoms with van der Waals surface area (Å²) in [4.78, 5) is 28.4. The Balaban J connectivity index is 1.98. The number of carbonyl (C=O) groups is 2. The monoisotopic (exact) mass is 364 g/mol. The van der Waals surface area contributed by atoms with Crippen molar-refractivity contribution in [3.05, 3.63) is 35.6 Å². The van der Waals surface area contributed by atoms with Gasteiger partial charge in [-0.1, -0.05) is 12.1 Å². The third kappa shape index (κ3) is 5.53. The Labute approximate surface area is 155 Å². The minimum Gasteiger partial charge on any atom is -0.469 e. The summed E-state index contributed by atoms with van der Waals surface area (Å²) < 4.78 is 18.3. The maximum Gasteiger partial charge on any atom is 0.308 e. The average molecular weight is 364 g/mol. The van der Waals surface area contributed by atoms with Gasteiger partial charge in [0.1, 0.15) is 5.82 Å². The van der Waals surface area contributed by atoms with E-state index in [1.807, 2.05) is 26.8 Å². The Morgan fingerprint density at radius 2 is 1.92 bits per heavy atom. The van der Waals surface area contributed by atoms with Crippen LogP contribution in [-0.4, -0.2) is 54.0 Å². The quantitative estimate of drug-likeness (QED) is 0.754. The van der Waals surface area contributed by atoms with Gasteiger partial charge in [-0.25, -0.2) is 4.39 Å². The molecule has 1 aromatic carbocycles. The van der Waals surface area contributed by atoms with Crippen molar-refractivity contribution in [1.29, 1.82) is 0 Å². The van der Waals surface area contributed by atoms with Crippen molar-refractivity contribution in [1.82, 2.24) is 9.80 Å². The topological polar surface area (TPSA) is 49.9 Å². The van der Waals surface area contributed by atoms with Gasteiger partial charge in [0.15, 0.2) is 0 Å². The molecule has 0 N–H and O–H groups in total. The lowest BCUT2D eigenvalue weighted by molar-refractivity contribution is -0.147. The lowest BCUT2D eigenvalue weighted by Crippen LogP contribution is -2.50. The van der Waals surface area contributed by atoms with Crippen molar-refractivity contribution in [3.8, 4) is 0 Å². The fourth-order valence-corrected chi connectivity index (χ4v) is 3.29. The third-order valence-corrected chi connectivity index (χ3v) is 4.82. The van der Waals surface area contributed by atoms with Gasteiger partial charge in [0.05, 0.1) is 19.6 Å². The first-order valence-electron chi connectivity index (χ1n) is 9.06. The van der Waals surface area contributed by atoms with Crippen LogP contribution < -0.4 is 0 Å². The van der Waals surface area contributed by atoms with Crippen molar-refractivity contribution in [3.63, 3.8) is 0 Å². The summed E-state index contributed by atoms with van der Waals surface area (Å²) in [6.07, 6.45) is 1.42. The number of halogens is 1. The Morgan fingerprint density at radius 1 is 1.27 bits per heavy atom. The molecule has 5 nitrogen and oxygen atoms in total. The maximum absolute atomic E-state index is 13.5. The highest BCUT2D eigenvalue weighted by Gasteiger charge is 2.30. The first-order valence-corrected chi connectivity index (χ1v) is 9.06. The second kappa shape index (κ2) is 8.62. The number of likely N-dealkylation sites (tertiary alicyclic amines) is 1. The van der Waals surface area contributed by atoms with Crippen LogP contribution in [0.3, 0.4) is 0 Å². The van der Waals surface area contributed by atoms with Gasteiger partial charge in [-0.05, 0) is 64.4 Å². The van der Waals surface area contributed by atoms with E-state index in [-0.39, 0.29) is 29.2 Å². The molecule has 0 aliphatic carbocycles. The molecule has 1 aromatic rings. The molecule has 1 aliphatic rings. The summed E-state index contributed by atoms with van der Waals surface area (Å²) in [6.45, 7) is 8.02. The van der Waals surface area contributed by atoms with Crippen molar-refractivity contribution in [2.75, 3.05) is 26.7 Å². The van der Waals surface area contributed by atoms with Gasteiger partial charge in [0, 0.05) is 12.1 Å². The van der Waals surface area contributed by atoms with Crippen LogP contribution in [0.4, 0.5) is 4.39 Å². The summed E-state index contributed by atoms with van der Waals surface area (Å²) >= 11 is 0. The molecule has 0 aromatic heterocycles. The van der Waals surface area contributed by atoms with Gasteiger partial charge >= 0.3 is 5.97 Å². The van der Waals surface area contributed by atoms with E-state index >= 15 is 0 Å². The lowest BCUT2D eigenvalue weighted by Gasteiger charge is -2.38. The molecule has 0 unspecified atom stereocenters. The number of ether oxygens (including phenoxy) is 1. The fraction of sp³-hybridized carbons (Fsp3) is 0.600. The minimum absolute atomic E-state index is 0.0123. The summed E-state index contributed by atoms with van der Waals surface area (Å²) in [7, 11) is 1.41. The largest absolute Gasteiger partial charge is 0.469 e. The van der Waals surface area contributed by atoms with Gasteiger partial charge in [-0.3, -0.25) is 14.5 Å². The molecule has 144 valence electrons. The van der Waals surface area contributed by atoms with Crippen LogP contribution in [0.1, 0.15) is 39.2 Å². The van der Waals surface area contributed by atoms with E-state index < -0.39 is 0 Å². The Morgan fingerprint density at radius 3 is 2.46 bits per heavy atom. The average Bonchev–Trinajstić information content (AvgIpc) is 2.58. The van der Waals surface area contributed by atoms with Crippen LogP contribution in [0, 0.1) is 11.7 Å². The predicted octanol–water partition coefficient (Wildman–Crippen LogP) is 2.84. The Bertz CT molecular complexity index is 634. The van der Waals surface area contributed by atoms with Crippen LogP contribution in [0.15, 0.2) is 24.3 Å². The van der Waals surface area contributed by atoms with Gasteiger partial charge in [0.25, 0.3) is 0 Å². The molecule has 1 amide bonds. The van der Waals surface area contributed by atoms with E-state index in [4.69, 9.17) is 4.74 Å². The molecular weight excluding hydrogens is 335 g/mol. The van der Waals surface area contributed by atoms with Crippen molar-refractivity contribution >= 4 is 11.9 Å². The summed E-state index contributed by atoms with van der Waals surface area (Å²) in [6, 6.07) is 6.36. The number of benzene rings is 1. The van der Waals surface area contributed by atoms with Crippen LogP contribution >= 0.6 is 0 Å². The zero-order valence-electron chi connectivity index (χ0n) is 16.1. The first-order chi connectivity index (χ1) is 12.2. The molecule has 1 saturated heterocycles. The molecule has 1 fully saturated rings. The molecule has 0 bridgehead atoms. The number of esters is 1. The van der Waals surface area contributed by atoms with Gasteiger partial charge in [-0.15, -0.1) is 0 Å². The van der Waals surface area contributed by atoms with E-state index in [2.05, 4.69) is 4.90 Å². The molecular formula is C20H29FN2O3.